The Labute approximate surface area is 123 Å². The van der Waals surface area contributed by atoms with E-state index in [2.05, 4.69) is 18.0 Å². The molecule has 1 heterocycles. The maximum absolute atomic E-state index is 12.0. The van der Waals surface area contributed by atoms with Crippen molar-refractivity contribution in [3.8, 4) is 6.07 Å². The van der Waals surface area contributed by atoms with E-state index in [0.717, 1.165) is 11.3 Å². The monoisotopic (exact) mass is 283 g/mol. The van der Waals surface area contributed by atoms with Crippen LogP contribution in [-0.2, 0) is 16.0 Å². The van der Waals surface area contributed by atoms with Crippen molar-refractivity contribution in [2.45, 2.75) is 25.7 Å². The van der Waals surface area contributed by atoms with Gasteiger partial charge in [-0.2, -0.15) is 5.26 Å². The Bertz CT molecular complexity index is 616. The van der Waals surface area contributed by atoms with E-state index in [1.807, 2.05) is 12.1 Å². The summed E-state index contributed by atoms with van der Waals surface area (Å²) in [6.07, 6.45) is 3.44. The van der Waals surface area contributed by atoms with Crippen molar-refractivity contribution < 1.29 is 9.59 Å². The number of nitriles is 1. The molecule has 1 aromatic rings. The molecule has 0 radical (unpaired) electrons. The Morgan fingerprint density at radius 3 is 3.00 bits per heavy atom. The zero-order valence-corrected chi connectivity index (χ0v) is 11.8. The molecule has 0 fully saturated rings. The van der Waals surface area contributed by atoms with Crippen LogP contribution in [0.5, 0.6) is 0 Å². The van der Waals surface area contributed by atoms with Gasteiger partial charge in [0.05, 0.1) is 6.07 Å². The van der Waals surface area contributed by atoms with E-state index in [1.165, 1.54) is 6.08 Å². The number of carbonyl (C=O) groups excluding carboxylic acids is 2. The Balaban J connectivity index is 2.19. The van der Waals surface area contributed by atoms with E-state index in [0.29, 0.717) is 37.9 Å². The third kappa shape index (κ3) is 3.48. The zero-order chi connectivity index (χ0) is 15.2. The first-order valence-corrected chi connectivity index (χ1v) is 6.89. The molecule has 0 aliphatic carbocycles. The topological polar surface area (TPSA) is 73.2 Å². The number of hydrogen-bond acceptors (Lipinski definition) is 3. The summed E-state index contributed by atoms with van der Waals surface area (Å²) >= 11 is 0. The maximum atomic E-state index is 12.0. The van der Waals surface area contributed by atoms with Crippen LogP contribution in [0.4, 0.5) is 11.4 Å². The van der Waals surface area contributed by atoms with Gasteiger partial charge in [-0.3, -0.25) is 9.59 Å². The molecule has 1 aliphatic heterocycles. The lowest BCUT2D eigenvalue weighted by Crippen LogP contribution is -2.35. The van der Waals surface area contributed by atoms with Crippen LogP contribution >= 0.6 is 0 Å². The van der Waals surface area contributed by atoms with Gasteiger partial charge in [0.15, 0.2) is 0 Å². The van der Waals surface area contributed by atoms with E-state index >= 15 is 0 Å². The highest BCUT2D eigenvalue weighted by Gasteiger charge is 2.23. The van der Waals surface area contributed by atoms with Crippen molar-refractivity contribution >= 4 is 23.2 Å². The van der Waals surface area contributed by atoms with Gasteiger partial charge in [-0.15, -0.1) is 0 Å². The van der Waals surface area contributed by atoms with Crippen LogP contribution in [0.3, 0.4) is 0 Å². The quantitative estimate of drug-likeness (QED) is 0.666. The van der Waals surface area contributed by atoms with Crippen LogP contribution in [0.25, 0.3) is 0 Å². The molecule has 5 nitrogen and oxygen atoms in total. The van der Waals surface area contributed by atoms with Crippen molar-refractivity contribution in [3.63, 3.8) is 0 Å². The van der Waals surface area contributed by atoms with Crippen molar-refractivity contribution in [1.29, 1.82) is 5.26 Å². The summed E-state index contributed by atoms with van der Waals surface area (Å²) < 4.78 is 0. The average Bonchev–Trinajstić information content (AvgIpc) is 2.49. The summed E-state index contributed by atoms with van der Waals surface area (Å²) in [5.74, 6) is -0.170. The number of nitrogens with zero attached hydrogens (tertiary/aromatic N) is 2. The Morgan fingerprint density at radius 2 is 2.29 bits per heavy atom. The number of anilines is 2. The molecule has 2 rings (SSSR count). The van der Waals surface area contributed by atoms with Crippen LogP contribution in [0.15, 0.2) is 30.9 Å². The van der Waals surface area contributed by atoms with Crippen LogP contribution in [0, 0.1) is 11.3 Å². The maximum Gasteiger partial charge on any atom is 0.247 e. The van der Waals surface area contributed by atoms with Gasteiger partial charge in [-0.25, -0.2) is 0 Å². The third-order valence-electron chi connectivity index (χ3n) is 3.40. The number of fused-ring (bicyclic) bond motifs is 1. The highest BCUT2D eigenvalue weighted by atomic mass is 16.2. The standard InChI is InChI=1S/C16H17N3O2/c1-2-15(20)18-13-6-7-14-12(11-13)5-8-16(21)19(14)10-4-3-9-17/h2,6-7,11H,1,3-5,8,10H2,(H,18,20). The van der Waals surface area contributed by atoms with E-state index in [1.54, 1.807) is 11.0 Å². The minimum absolute atomic E-state index is 0.0864. The van der Waals surface area contributed by atoms with Crippen molar-refractivity contribution in [3.05, 3.63) is 36.4 Å². The van der Waals surface area contributed by atoms with Crippen LogP contribution in [-0.4, -0.2) is 18.4 Å². The molecule has 0 saturated carbocycles. The zero-order valence-electron chi connectivity index (χ0n) is 11.8. The van der Waals surface area contributed by atoms with Gasteiger partial charge >= 0.3 is 0 Å². The highest BCUT2D eigenvalue weighted by molar-refractivity contribution is 6.00. The first kappa shape index (κ1) is 14.8. The van der Waals surface area contributed by atoms with Crippen LogP contribution in [0.1, 0.15) is 24.8 Å². The van der Waals surface area contributed by atoms with E-state index in [-0.39, 0.29) is 11.8 Å². The molecular formula is C16H17N3O2. The molecule has 0 bridgehead atoms. The Morgan fingerprint density at radius 1 is 1.48 bits per heavy atom. The summed E-state index contributed by atoms with van der Waals surface area (Å²) in [4.78, 5) is 25.1. The summed E-state index contributed by atoms with van der Waals surface area (Å²) in [6.45, 7) is 3.97. The number of unbranched alkanes of at least 4 members (excludes halogenated alkanes) is 1. The Kier molecular flexibility index (Phi) is 4.72. The molecule has 1 aromatic carbocycles. The fraction of sp³-hybridized carbons (Fsp3) is 0.312. The van der Waals surface area contributed by atoms with Gasteiger partial charge in [0, 0.05) is 30.8 Å². The summed E-state index contributed by atoms with van der Waals surface area (Å²) in [5.41, 5.74) is 2.61. The lowest BCUT2D eigenvalue weighted by Gasteiger charge is -2.29. The first-order valence-electron chi connectivity index (χ1n) is 6.89. The fourth-order valence-corrected chi connectivity index (χ4v) is 2.39. The lowest BCUT2D eigenvalue weighted by atomic mass is 10.00. The van der Waals surface area contributed by atoms with Crippen LogP contribution < -0.4 is 10.2 Å². The SMILES string of the molecule is C=CC(=O)Nc1ccc2c(c1)CCC(=O)N2CCCC#N. The molecule has 0 aromatic heterocycles. The average molecular weight is 283 g/mol. The van der Waals surface area contributed by atoms with E-state index in [4.69, 9.17) is 5.26 Å². The second-order valence-electron chi connectivity index (χ2n) is 4.84. The Hall–Kier alpha value is -2.61. The number of amides is 2. The molecule has 0 spiro atoms. The summed E-state index contributed by atoms with van der Waals surface area (Å²) in [5, 5.41) is 11.3. The molecule has 1 aliphatic rings. The van der Waals surface area contributed by atoms with E-state index in [9.17, 15) is 9.59 Å². The smallest absolute Gasteiger partial charge is 0.247 e. The number of hydrogen-bond donors (Lipinski definition) is 1. The molecule has 0 atom stereocenters. The van der Waals surface area contributed by atoms with Gasteiger partial charge in [-0.05, 0) is 42.7 Å². The van der Waals surface area contributed by atoms with Gasteiger partial charge in [0.25, 0.3) is 0 Å². The minimum atomic E-state index is -0.257. The molecular weight excluding hydrogens is 266 g/mol. The number of rotatable bonds is 5. The predicted molar refractivity (Wildman–Crippen MR) is 80.8 cm³/mol. The molecule has 0 saturated heterocycles. The predicted octanol–water partition coefficient (Wildman–Crippen LogP) is 2.39. The molecule has 1 N–H and O–H groups in total. The van der Waals surface area contributed by atoms with Crippen LogP contribution in [0.2, 0.25) is 0 Å². The van der Waals surface area contributed by atoms with Gasteiger partial charge in [-0.1, -0.05) is 6.58 Å². The lowest BCUT2D eigenvalue weighted by molar-refractivity contribution is -0.119. The molecule has 5 heteroatoms. The number of aryl methyl sites for hydroxylation is 1. The molecule has 21 heavy (non-hydrogen) atoms. The second-order valence-corrected chi connectivity index (χ2v) is 4.84. The minimum Gasteiger partial charge on any atom is -0.323 e. The second kappa shape index (κ2) is 6.71. The summed E-state index contributed by atoms with van der Waals surface area (Å²) in [7, 11) is 0. The van der Waals surface area contributed by atoms with E-state index < -0.39 is 0 Å². The number of nitrogens with one attached hydrogen (secondary N) is 1. The van der Waals surface area contributed by atoms with Crippen molar-refractivity contribution in [2.75, 3.05) is 16.8 Å². The fourth-order valence-electron chi connectivity index (χ4n) is 2.39. The van der Waals surface area contributed by atoms with Gasteiger partial charge < -0.3 is 10.2 Å². The highest BCUT2D eigenvalue weighted by Crippen LogP contribution is 2.30. The van der Waals surface area contributed by atoms with Crippen molar-refractivity contribution in [2.24, 2.45) is 0 Å². The van der Waals surface area contributed by atoms with Gasteiger partial charge in [0.1, 0.15) is 0 Å². The first-order chi connectivity index (χ1) is 10.2. The molecule has 0 unspecified atom stereocenters. The molecule has 2 amide bonds. The summed E-state index contributed by atoms with van der Waals surface area (Å²) in [6, 6.07) is 7.60. The molecule has 108 valence electrons. The number of benzene rings is 1. The largest absolute Gasteiger partial charge is 0.323 e. The van der Waals surface area contributed by atoms with Crippen molar-refractivity contribution in [1.82, 2.24) is 0 Å². The van der Waals surface area contributed by atoms with Gasteiger partial charge in [0.2, 0.25) is 11.8 Å². The third-order valence-corrected chi connectivity index (χ3v) is 3.40. The normalized spacial score (nSPS) is 13.3. The number of carbonyl (C=O) groups is 2.